The predicted molar refractivity (Wildman–Crippen MR) is 85.2 cm³/mol. The van der Waals surface area contributed by atoms with Gasteiger partial charge >= 0.3 is 7.12 Å². The lowest BCUT2D eigenvalue weighted by atomic mass is 9.77. The van der Waals surface area contributed by atoms with Crippen LogP contribution in [-0.4, -0.2) is 37.2 Å². The monoisotopic (exact) mass is 325 g/mol. The SMILES string of the molecule is Cc1ccc(B2OC(C)(C)C(C)(C)O2)cc1C(=O)NCC(F)F. The summed E-state index contributed by atoms with van der Waals surface area (Å²) in [6, 6.07) is 5.22. The Labute approximate surface area is 135 Å². The zero-order valence-electron chi connectivity index (χ0n) is 14.1. The number of carbonyl (C=O) groups excluding carboxylic acids is 1. The maximum atomic E-state index is 12.3. The molecule has 1 aromatic carbocycles. The number of nitrogens with one attached hydrogen (secondary N) is 1. The minimum atomic E-state index is -2.58. The lowest BCUT2D eigenvalue weighted by Crippen LogP contribution is -2.41. The number of carbonyl (C=O) groups is 1. The van der Waals surface area contributed by atoms with Gasteiger partial charge in [-0.1, -0.05) is 12.1 Å². The number of hydrogen-bond acceptors (Lipinski definition) is 3. The van der Waals surface area contributed by atoms with Gasteiger partial charge in [-0.2, -0.15) is 0 Å². The minimum Gasteiger partial charge on any atom is -0.399 e. The third-order valence-electron chi connectivity index (χ3n) is 4.45. The van der Waals surface area contributed by atoms with Crippen LogP contribution in [0.4, 0.5) is 8.78 Å². The van der Waals surface area contributed by atoms with Crippen LogP contribution in [0.5, 0.6) is 0 Å². The molecule has 0 spiro atoms. The Morgan fingerprint density at radius 2 is 1.78 bits per heavy atom. The van der Waals surface area contributed by atoms with E-state index >= 15 is 0 Å². The predicted octanol–water partition coefficient (Wildman–Crippen LogP) is 2.29. The Hall–Kier alpha value is -1.47. The molecule has 0 radical (unpaired) electrons. The van der Waals surface area contributed by atoms with Gasteiger partial charge in [0.1, 0.15) is 0 Å². The lowest BCUT2D eigenvalue weighted by Gasteiger charge is -2.32. The van der Waals surface area contributed by atoms with Gasteiger partial charge < -0.3 is 14.6 Å². The first-order valence-corrected chi connectivity index (χ1v) is 7.56. The Bertz CT molecular complexity index is 589. The van der Waals surface area contributed by atoms with Crippen LogP contribution in [0, 0.1) is 6.92 Å². The highest BCUT2D eigenvalue weighted by Crippen LogP contribution is 2.36. The number of aryl methyl sites for hydroxylation is 1. The number of alkyl halides is 2. The quantitative estimate of drug-likeness (QED) is 0.864. The molecule has 0 aromatic heterocycles. The third kappa shape index (κ3) is 3.72. The molecule has 1 aliphatic rings. The molecular weight excluding hydrogens is 303 g/mol. The fourth-order valence-corrected chi connectivity index (χ4v) is 2.28. The van der Waals surface area contributed by atoms with Gasteiger partial charge in [0, 0.05) is 5.56 Å². The first kappa shape index (κ1) is 17.9. The molecule has 126 valence electrons. The van der Waals surface area contributed by atoms with Crippen molar-refractivity contribution in [3.8, 4) is 0 Å². The van der Waals surface area contributed by atoms with Gasteiger partial charge in [-0.05, 0) is 51.7 Å². The van der Waals surface area contributed by atoms with Crippen LogP contribution in [-0.2, 0) is 9.31 Å². The van der Waals surface area contributed by atoms with Crippen LogP contribution < -0.4 is 10.8 Å². The molecule has 0 bridgehead atoms. The summed E-state index contributed by atoms with van der Waals surface area (Å²) in [5.74, 6) is -0.527. The summed E-state index contributed by atoms with van der Waals surface area (Å²) in [5, 5.41) is 2.22. The van der Waals surface area contributed by atoms with E-state index in [4.69, 9.17) is 9.31 Å². The summed E-state index contributed by atoms with van der Waals surface area (Å²) < 4.78 is 36.4. The van der Waals surface area contributed by atoms with Crippen LogP contribution in [0.25, 0.3) is 0 Å². The number of hydrogen-bond donors (Lipinski definition) is 1. The van der Waals surface area contributed by atoms with Gasteiger partial charge in [-0.3, -0.25) is 4.79 Å². The van der Waals surface area contributed by atoms with Crippen LogP contribution in [0.3, 0.4) is 0 Å². The highest BCUT2D eigenvalue weighted by atomic mass is 19.3. The van der Waals surface area contributed by atoms with E-state index in [2.05, 4.69) is 5.32 Å². The molecule has 2 rings (SSSR count). The van der Waals surface area contributed by atoms with E-state index in [1.165, 1.54) is 0 Å². The van der Waals surface area contributed by atoms with Gasteiger partial charge in [0.15, 0.2) is 0 Å². The third-order valence-corrected chi connectivity index (χ3v) is 4.45. The summed E-state index contributed by atoms with van der Waals surface area (Å²) in [7, 11) is -0.595. The summed E-state index contributed by atoms with van der Waals surface area (Å²) in [4.78, 5) is 12.1. The second kappa shape index (κ2) is 6.21. The number of halogens is 2. The maximum absolute atomic E-state index is 12.3. The zero-order valence-corrected chi connectivity index (χ0v) is 14.1. The van der Waals surface area contributed by atoms with E-state index in [1.807, 2.05) is 33.8 Å². The van der Waals surface area contributed by atoms with Crippen LogP contribution in [0.15, 0.2) is 18.2 Å². The fraction of sp³-hybridized carbons (Fsp3) is 0.562. The first-order valence-electron chi connectivity index (χ1n) is 7.56. The standard InChI is InChI=1S/C16H22BF2NO3/c1-10-6-7-11(8-12(10)14(21)20-9-13(18)19)17-22-15(2,3)16(4,5)23-17/h6-8,13H,9H2,1-5H3,(H,20,21). The molecule has 0 atom stereocenters. The number of amides is 1. The molecule has 1 saturated heterocycles. The molecule has 1 aromatic rings. The molecule has 0 unspecified atom stereocenters. The van der Waals surface area contributed by atoms with Crippen LogP contribution >= 0.6 is 0 Å². The van der Waals surface area contributed by atoms with Crippen LogP contribution in [0.1, 0.15) is 43.6 Å². The van der Waals surface area contributed by atoms with Crippen molar-refractivity contribution in [1.29, 1.82) is 0 Å². The molecule has 1 N–H and O–H groups in total. The lowest BCUT2D eigenvalue weighted by molar-refractivity contribution is 0.00578. The Morgan fingerprint density at radius 3 is 2.30 bits per heavy atom. The normalized spacial score (nSPS) is 19.2. The minimum absolute atomic E-state index is 0.345. The Kier molecular flexibility index (Phi) is 4.82. The summed E-state index contributed by atoms with van der Waals surface area (Å²) in [5.41, 5.74) is 0.771. The smallest absolute Gasteiger partial charge is 0.399 e. The second-order valence-electron chi connectivity index (χ2n) is 6.76. The van der Waals surface area contributed by atoms with Crippen molar-refractivity contribution in [2.45, 2.75) is 52.2 Å². The summed E-state index contributed by atoms with van der Waals surface area (Å²) in [6.45, 7) is 8.86. The zero-order chi connectivity index (χ0) is 17.4. The van der Waals surface area contributed by atoms with E-state index in [1.54, 1.807) is 19.1 Å². The molecule has 23 heavy (non-hydrogen) atoms. The molecule has 7 heteroatoms. The molecule has 0 saturated carbocycles. The van der Waals surface area contributed by atoms with Crippen molar-refractivity contribution in [2.75, 3.05) is 6.54 Å². The van der Waals surface area contributed by atoms with Gasteiger partial charge in [-0.15, -0.1) is 0 Å². The number of benzene rings is 1. The molecular formula is C16H22BF2NO3. The van der Waals surface area contributed by atoms with Gasteiger partial charge in [0.2, 0.25) is 0 Å². The van der Waals surface area contributed by atoms with E-state index in [0.29, 0.717) is 16.6 Å². The van der Waals surface area contributed by atoms with Gasteiger partial charge in [0.05, 0.1) is 17.7 Å². The van der Waals surface area contributed by atoms with E-state index < -0.39 is 37.2 Å². The molecule has 1 amide bonds. The molecule has 1 heterocycles. The van der Waals surface area contributed by atoms with E-state index in [-0.39, 0.29) is 0 Å². The van der Waals surface area contributed by atoms with Crippen molar-refractivity contribution in [1.82, 2.24) is 5.32 Å². The fourth-order valence-electron chi connectivity index (χ4n) is 2.28. The average Bonchev–Trinajstić information content (AvgIpc) is 2.65. The summed E-state index contributed by atoms with van der Waals surface area (Å²) in [6.07, 6.45) is -2.58. The molecule has 1 aliphatic heterocycles. The Morgan fingerprint density at radius 1 is 1.22 bits per heavy atom. The number of rotatable bonds is 4. The maximum Gasteiger partial charge on any atom is 0.494 e. The summed E-state index contributed by atoms with van der Waals surface area (Å²) >= 11 is 0. The Balaban J connectivity index is 2.23. The highest BCUT2D eigenvalue weighted by molar-refractivity contribution is 6.62. The highest BCUT2D eigenvalue weighted by Gasteiger charge is 2.51. The van der Waals surface area contributed by atoms with Crippen LogP contribution in [0.2, 0.25) is 0 Å². The topological polar surface area (TPSA) is 47.6 Å². The first-order chi connectivity index (χ1) is 10.5. The van der Waals surface area contributed by atoms with Crippen molar-refractivity contribution < 1.29 is 22.9 Å². The van der Waals surface area contributed by atoms with Crippen molar-refractivity contribution in [2.24, 2.45) is 0 Å². The van der Waals surface area contributed by atoms with Crippen molar-refractivity contribution >= 4 is 18.5 Å². The van der Waals surface area contributed by atoms with Crippen molar-refractivity contribution in [3.63, 3.8) is 0 Å². The van der Waals surface area contributed by atoms with E-state index in [0.717, 1.165) is 0 Å². The van der Waals surface area contributed by atoms with Gasteiger partial charge in [-0.25, -0.2) is 8.78 Å². The average molecular weight is 325 g/mol. The van der Waals surface area contributed by atoms with E-state index in [9.17, 15) is 13.6 Å². The van der Waals surface area contributed by atoms with Crippen molar-refractivity contribution in [3.05, 3.63) is 29.3 Å². The molecule has 0 aliphatic carbocycles. The molecule has 4 nitrogen and oxygen atoms in total. The largest absolute Gasteiger partial charge is 0.494 e. The second-order valence-corrected chi connectivity index (χ2v) is 6.76. The molecule has 1 fully saturated rings. The van der Waals surface area contributed by atoms with Gasteiger partial charge in [0.25, 0.3) is 12.3 Å².